The lowest BCUT2D eigenvalue weighted by molar-refractivity contribution is 0.446. The fourth-order valence-electron chi connectivity index (χ4n) is 2.10. The van der Waals surface area contributed by atoms with Gasteiger partial charge < -0.3 is 0 Å². The summed E-state index contributed by atoms with van der Waals surface area (Å²) in [4.78, 5) is 0. The van der Waals surface area contributed by atoms with Crippen molar-refractivity contribution in [2.75, 3.05) is 6.67 Å². The molecule has 0 aliphatic rings. The van der Waals surface area contributed by atoms with Crippen molar-refractivity contribution in [3.63, 3.8) is 0 Å². The predicted octanol–water partition coefficient (Wildman–Crippen LogP) is 5.48. The van der Waals surface area contributed by atoms with Crippen molar-refractivity contribution in [3.8, 4) is 12.3 Å². The molecule has 0 radical (unpaired) electrons. The monoisotopic (exact) mass is 330 g/mol. The topological polar surface area (TPSA) is 0 Å². The Kier molecular flexibility index (Phi) is 5.59. The summed E-state index contributed by atoms with van der Waals surface area (Å²) in [5.41, 5.74) is 2.23. The summed E-state index contributed by atoms with van der Waals surface area (Å²) in [5.74, 6) is -1.84. The van der Waals surface area contributed by atoms with Gasteiger partial charge in [-0.1, -0.05) is 41.8 Å². The van der Waals surface area contributed by atoms with E-state index < -0.39 is 24.1 Å². The standard InChI is InChI=1S/C20H14F4/c1-3-14(15-6-4-13(2)5-7-15)8-9-16(12-21)17-10-18(22)20(24)19(23)11-17/h1,4-11H,12H2,2H3/b14-8+,16-9+. The molecular weight excluding hydrogens is 316 g/mol. The molecule has 2 aromatic carbocycles. The molecule has 24 heavy (non-hydrogen) atoms. The van der Waals surface area contributed by atoms with Gasteiger partial charge in [0.1, 0.15) is 6.67 Å². The quantitative estimate of drug-likeness (QED) is 0.301. The second kappa shape index (κ2) is 7.65. The first kappa shape index (κ1) is 17.6. The van der Waals surface area contributed by atoms with E-state index in [1.165, 1.54) is 12.2 Å². The number of benzene rings is 2. The first-order valence-electron chi connectivity index (χ1n) is 7.11. The summed E-state index contributed by atoms with van der Waals surface area (Å²) in [6.45, 7) is 0.953. The van der Waals surface area contributed by atoms with E-state index in [0.717, 1.165) is 23.3 Å². The molecule has 0 saturated heterocycles. The molecular formula is C20H14F4. The van der Waals surface area contributed by atoms with Crippen molar-refractivity contribution in [1.29, 1.82) is 0 Å². The van der Waals surface area contributed by atoms with Gasteiger partial charge in [0.2, 0.25) is 0 Å². The number of hydrogen-bond acceptors (Lipinski definition) is 0. The molecule has 122 valence electrons. The van der Waals surface area contributed by atoms with Crippen LogP contribution in [-0.2, 0) is 0 Å². The number of alkyl halides is 1. The molecule has 0 spiro atoms. The molecule has 0 aliphatic heterocycles. The van der Waals surface area contributed by atoms with Gasteiger partial charge in [-0.2, -0.15) is 0 Å². The normalized spacial score (nSPS) is 12.2. The van der Waals surface area contributed by atoms with Crippen LogP contribution >= 0.6 is 0 Å². The van der Waals surface area contributed by atoms with Gasteiger partial charge in [-0.15, -0.1) is 6.42 Å². The molecule has 0 N–H and O–H groups in total. The van der Waals surface area contributed by atoms with Crippen LogP contribution in [0.4, 0.5) is 17.6 Å². The van der Waals surface area contributed by atoms with Crippen LogP contribution in [-0.4, -0.2) is 6.67 Å². The fourth-order valence-corrected chi connectivity index (χ4v) is 2.10. The number of terminal acetylenes is 1. The van der Waals surface area contributed by atoms with Gasteiger partial charge >= 0.3 is 0 Å². The highest BCUT2D eigenvalue weighted by Crippen LogP contribution is 2.22. The lowest BCUT2D eigenvalue weighted by atomic mass is 10.0. The van der Waals surface area contributed by atoms with Crippen molar-refractivity contribution in [2.45, 2.75) is 6.92 Å². The maximum atomic E-state index is 13.3. The van der Waals surface area contributed by atoms with Crippen LogP contribution in [0.2, 0.25) is 0 Å². The Morgan fingerprint density at radius 1 is 1.00 bits per heavy atom. The molecule has 0 unspecified atom stereocenters. The fraction of sp³-hybridized carbons (Fsp3) is 0.100. The Labute approximate surface area is 138 Å². The minimum absolute atomic E-state index is 0.00679. The Hall–Kier alpha value is -2.80. The maximum absolute atomic E-state index is 13.3. The summed E-state index contributed by atoms with van der Waals surface area (Å²) in [5, 5.41) is 0. The second-order valence-corrected chi connectivity index (χ2v) is 5.17. The van der Waals surface area contributed by atoms with E-state index in [1.807, 2.05) is 31.2 Å². The average Bonchev–Trinajstić information content (AvgIpc) is 2.57. The molecule has 4 heteroatoms. The van der Waals surface area contributed by atoms with Gasteiger partial charge in [0.15, 0.2) is 17.5 Å². The predicted molar refractivity (Wildman–Crippen MR) is 88.3 cm³/mol. The molecule has 0 aromatic heterocycles. The zero-order valence-electron chi connectivity index (χ0n) is 12.9. The van der Waals surface area contributed by atoms with E-state index in [-0.39, 0.29) is 11.1 Å². The van der Waals surface area contributed by atoms with Crippen LogP contribution in [0.15, 0.2) is 48.6 Å². The van der Waals surface area contributed by atoms with Crippen molar-refractivity contribution >= 4 is 11.1 Å². The molecule has 0 bridgehead atoms. The zero-order chi connectivity index (χ0) is 17.7. The van der Waals surface area contributed by atoms with Crippen LogP contribution < -0.4 is 0 Å². The van der Waals surface area contributed by atoms with E-state index in [0.29, 0.717) is 5.57 Å². The Balaban J connectivity index is 2.42. The number of rotatable bonds is 4. The Morgan fingerprint density at radius 2 is 1.58 bits per heavy atom. The first-order valence-corrected chi connectivity index (χ1v) is 7.11. The number of halogens is 4. The molecule has 2 rings (SSSR count). The van der Waals surface area contributed by atoms with Gasteiger partial charge in [0.25, 0.3) is 0 Å². The van der Waals surface area contributed by atoms with Crippen molar-refractivity contribution in [3.05, 3.63) is 82.7 Å². The maximum Gasteiger partial charge on any atom is 0.194 e. The van der Waals surface area contributed by atoms with Crippen molar-refractivity contribution in [2.24, 2.45) is 0 Å². The van der Waals surface area contributed by atoms with E-state index >= 15 is 0 Å². The summed E-state index contributed by atoms with van der Waals surface area (Å²) in [7, 11) is 0. The third-order valence-corrected chi connectivity index (χ3v) is 3.47. The largest absolute Gasteiger partial charge is 0.246 e. The minimum Gasteiger partial charge on any atom is -0.246 e. The lowest BCUT2D eigenvalue weighted by Gasteiger charge is -2.05. The minimum atomic E-state index is -1.59. The second-order valence-electron chi connectivity index (χ2n) is 5.17. The molecule has 0 saturated carbocycles. The number of aryl methyl sites for hydroxylation is 1. The van der Waals surface area contributed by atoms with Crippen LogP contribution in [0.25, 0.3) is 11.1 Å². The SMILES string of the molecule is C#C/C(=C\C=C(/CF)c1cc(F)c(F)c(F)c1)c1ccc(C)cc1. The van der Waals surface area contributed by atoms with Gasteiger partial charge in [-0.3, -0.25) is 0 Å². The molecule has 0 fully saturated rings. The third kappa shape index (κ3) is 3.94. The van der Waals surface area contributed by atoms with Crippen LogP contribution in [0, 0.1) is 36.7 Å². The molecule has 0 atom stereocenters. The van der Waals surface area contributed by atoms with E-state index in [9.17, 15) is 17.6 Å². The molecule has 0 heterocycles. The lowest BCUT2D eigenvalue weighted by Crippen LogP contribution is -1.95. The Morgan fingerprint density at radius 3 is 2.08 bits per heavy atom. The molecule has 0 aliphatic carbocycles. The zero-order valence-corrected chi connectivity index (χ0v) is 12.9. The molecule has 2 aromatic rings. The number of allylic oxidation sites excluding steroid dienone is 4. The van der Waals surface area contributed by atoms with Gasteiger partial charge in [-0.05, 0) is 41.8 Å². The third-order valence-electron chi connectivity index (χ3n) is 3.47. The van der Waals surface area contributed by atoms with E-state index in [1.54, 1.807) is 0 Å². The van der Waals surface area contributed by atoms with Gasteiger partial charge in [0.05, 0.1) is 0 Å². The highest BCUT2D eigenvalue weighted by molar-refractivity contribution is 5.81. The van der Waals surface area contributed by atoms with Crippen molar-refractivity contribution in [1.82, 2.24) is 0 Å². The molecule has 0 amide bonds. The number of hydrogen-bond donors (Lipinski definition) is 0. The Bertz CT molecular complexity index is 814. The van der Waals surface area contributed by atoms with Crippen LogP contribution in [0.1, 0.15) is 16.7 Å². The van der Waals surface area contributed by atoms with Gasteiger partial charge in [0, 0.05) is 5.57 Å². The highest BCUT2D eigenvalue weighted by atomic mass is 19.2. The molecule has 0 nitrogen and oxygen atoms in total. The first-order chi connectivity index (χ1) is 11.5. The van der Waals surface area contributed by atoms with Gasteiger partial charge in [-0.25, -0.2) is 17.6 Å². The average molecular weight is 330 g/mol. The highest BCUT2D eigenvalue weighted by Gasteiger charge is 2.12. The van der Waals surface area contributed by atoms with E-state index in [4.69, 9.17) is 6.42 Å². The smallest absolute Gasteiger partial charge is 0.194 e. The van der Waals surface area contributed by atoms with Crippen molar-refractivity contribution < 1.29 is 17.6 Å². The van der Waals surface area contributed by atoms with Crippen LogP contribution in [0.5, 0.6) is 0 Å². The summed E-state index contributed by atoms with van der Waals surface area (Å²) < 4.78 is 52.8. The summed E-state index contributed by atoms with van der Waals surface area (Å²) in [6, 6.07) is 8.90. The van der Waals surface area contributed by atoms with Crippen LogP contribution in [0.3, 0.4) is 0 Å². The van der Waals surface area contributed by atoms with E-state index in [2.05, 4.69) is 5.92 Å². The summed E-state index contributed by atoms with van der Waals surface area (Å²) in [6.07, 6.45) is 8.29. The summed E-state index contributed by atoms with van der Waals surface area (Å²) >= 11 is 0.